The average Bonchev–Trinajstić information content (AvgIpc) is 2.38. The minimum absolute atomic E-state index is 0.672. The second kappa shape index (κ2) is 5.89. The van der Waals surface area contributed by atoms with Crippen LogP contribution >= 0.6 is 15.9 Å². The highest BCUT2D eigenvalue weighted by molar-refractivity contribution is 9.10. The highest BCUT2D eigenvalue weighted by atomic mass is 79.9. The zero-order chi connectivity index (χ0) is 13.1. The molecule has 1 aliphatic heterocycles. The highest BCUT2D eigenvalue weighted by Crippen LogP contribution is 2.31. The number of halogens is 1. The van der Waals surface area contributed by atoms with Gasteiger partial charge in [0.05, 0.1) is 22.0 Å². The van der Waals surface area contributed by atoms with Crippen LogP contribution in [0.25, 0.3) is 0 Å². The Kier molecular flexibility index (Phi) is 4.45. The summed E-state index contributed by atoms with van der Waals surface area (Å²) in [4.78, 5) is 8.98. The van der Waals surface area contributed by atoms with Crippen LogP contribution in [0.4, 0.5) is 11.4 Å². The number of hydrogen-bond donors (Lipinski definition) is 1. The summed E-state index contributed by atoms with van der Waals surface area (Å²) in [7, 11) is 0. The summed E-state index contributed by atoms with van der Waals surface area (Å²) in [6.07, 6.45) is 4.75. The molecule has 100 valence electrons. The molecule has 1 aromatic heterocycles. The van der Waals surface area contributed by atoms with E-state index in [1.807, 2.05) is 6.20 Å². The van der Waals surface area contributed by atoms with Crippen molar-refractivity contribution in [3.05, 3.63) is 16.9 Å². The SMILES string of the molecule is CCC(C)N1CCN(c2c(N)cncc2Br)CC1. The number of nitrogens with two attached hydrogens (primary N) is 1. The van der Waals surface area contributed by atoms with Crippen molar-refractivity contribution in [1.82, 2.24) is 9.88 Å². The Balaban J connectivity index is 2.06. The number of nitrogen functional groups attached to an aromatic ring is 1. The lowest BCUT2D eigenvalue weighted by atomic mass is 10.2. The van der Waals surface area contributed by atoms with Gasteiger partial charge in [0.2, 0.25) is 0 Å². The van der Waals surface area contributed by atoms with Crippen LogP contribution in [0.15, 0.2) is 16.9 Å². The Labute approximate surface area is 117 Å². The lowest BCUT2D eigenvalue weighted by molar-refractivity contribution is 0.193. The summed E-state index contributed by atoms with van der Waals surface area (Å²) in [6, 6.07) is 0.672. The van der Waals surface area contributed by atoms with Gasteiger partial charge in [0.25, 0.3) is 0 Å². The first kappa shape index (κ1) is 13.6. The molecule has 0 bridgehead atoms. The molecule has 0 amide bonds. The van der Waals surface area contributed by atoms with Gasteiger partial charge in [0, 0.05) is 38.4 Å². The number of rotatable bonds is 3. The summed E-state index contributed by atoms with van der Waals surface area (Å²) in [5.41, 5.74) is 7.87. The summed E-state index contributed by atoms with van der Waals surface area (Å²) < 4.78 is 0.986. The molecule has 1 saturated heterocycles. The van der Waals surface area contributed by atoms with Crippen molar-refractivity contribution in [2.24, 2.45) is 0 Å². The second-order valence-electron chi connectivity index (χ2n) is 4.84. The Morgan fingerprint density at radius 3 is 2.56 bits per heavy atom. The van der Waals surface area contributed by atoms with Crippen LogP contribution in [0, 0.1) is 0 Å². The predicted molar refractivity (Wildman–Crippen MR) is 79.9 cm³/mol. The Morgan fingerprint density at radius 2 is 2.00 bits per heavy atom. The van der Waals surface area contributed by atoms with Gasteiger partial charge >= 0.3 is 0 Å². The first-order valence-corrected chi connectivity index (χ1v) is 7.30. The fraction of sp³-hybridized carbons (Fsp3) is 0.615. The summed E-state index contributed by atoms with van der Waals surface area (Å²) in [5, 5.41) is 0. The van der Waals surface area contributed by atoms with E-state index in [1.54, 1.807) is 6.20 Å². The van der Waals surface area contributed by atoms with Crippen molar-refractivity contribution in [3.63, 3.8) is 0 Å². The van der Waals surface area contributed by atoms with Gasteiger partial charge in [-0.2, -0.15) is 0 Å². The van der Waals surface area contributed by atoms with E-state index >= 15 is 0 Å². The molecule has 2 heterocycles. The van der Waals surface area contributed by atoms with E-state index in [0.717, 1.165) is 42.0 Å². The van der Waals surface area contributed by atoms with Crippen molar-refractivity contribution >= 4 is 27.3 Å². The van der Waals surface area contributed by atoms with Gasteiger partial charge in [-0.25, -0.2) is 0 Å². The molecule has 2 rings (SSSR count). The smallest absolute Gasteiger partial charge is 0.0776 e. The minimum Gasteiger partial charge on any atom is -0.396 e. The van der Waals surface area contributed by atoms with Gasteiger partial charge in [-0.1, -0.05) is 6.92 Å². The lowest BCUT2D eigenvalue weighted by Gasteiger charge is -2.39. The van der Waals surface area contributed by atoms with Crippen LogP contribution in [0.3, 0.4) is 0 Å². The maximum absolute atomic E-state index is 6.03. The van der Waals surface area contributed by atoms with Crippen molar-refractivity contribution in [1.29, 1.82) is 0 Å². The third-order valence-corrected chi connectivity index (χ3v) is 4.33. The summed E-state index contributed by atoms with van der Waals surface area (Å²) >= 11 is 3.54. The van der Waals surface area contributed by atoms with Gasteiger partial charge in [-0.3, -0.25) is 9.88 Å². The van der Waals surface area contributed by atoms with Gasteiger partial charge in [-0.15, -0.1) is 0 Å². The average molecular weight is 313 g/mol. The molecule has 0 aliphatic carbocycles. The Morgan fingerprint density at radius 1 is 1.33 bits per heavy atom. The lowest BCUT2D eigenvalue weighted by Crippen LogP contribution is -2.49. The Hall–Kier alpha value is -0.810. The molecule has 18 heavy (non-hydrogen) atoms. The fourth-order valence-corrected chi connectivity index (χ4v) is 3.02. The maximum atomic E-state index is 6.03. The third-order valence-electron chi connectivity index (χ3n) is 3.75. The number of anilines is 2. The number of pyridine rings is 1. The van der Waals surface area contributed by atoms with E-state index in [2.05, 4.69) is 44.6 Å². The second-order valence-corrected chi connectivity index (χ2v) is 5.69. The molecular weight excluding hydrogens is 292 g/mol. The van der Waals surface area contributed by atoms with Crippen LogP contribution in [-0.4, -0.2) is 42.1 Å². The van der Waals surface area contributed by atoms with Crippen LogP contribution in [0.2, 0.25) is 0 Å². The van der Waals surface area contributed by atoms with E-state index < -0.39 is 0 Å². The highest BCUT2D eigenvalue weighted by Gasteiger charge is 2.22. The van der Waals surface area contributed by atoms with Crippen molar-refractivity contribution in [3.8, 4) is 0 Å². The molecule has 1 aliphatic rings. The summed E-state index contributed by atoms with van der Waals surface area (Å²) in [6.45, 7) is 8.79. The number of aromatic nitrogens is 1. The van der Waals surface area contributed by atoms with Crippen molar-refractivity contribution in [2.75, 3.05) is 36.8 Å². The van der Waals surface area contributed by atoms with E-state index in [9.17, 15) is 0 Å². The van der Waals surface area contributed by atoms with Crippen LogP contribution in [-0.2, 0) is 0 Å². The molecule has 0 aromatic carbocycles. The first-order chi connectivity index (χ1) is 8.63. The monoisotopic (exact) mass is 312 g/mol. The van der Waals surface area contributed by atoms with E-state index in [-0.39, 0.29) is 0 Å². The fourth-order valence-electron chi connectivity index (χ4n) is 2.42. The van der Waals surface area contributed by atoms with Crippen LogP contribution in [0.1, 0.15) is 20.3 Å². The van der Waals surface area contributed by atoms with Gasteiger partial charge in [-0.05, 0) is 29.3 Å². The van der Waals surface area contributed by atoms with Gasteiger partial charge < -0.3 is 10.6 Å². The number of hydrogen-bond acceptors (Lipinski definition) is 4. The quantitative estimate of drug-likeness (QED) is 0.930. The number of nitrogens with zero attached hydrogens (tertiary/aromatic N) is 3. The molecule has 0 saturated carbocycles. The van der Waals surface area contributed by atoms with Gasteiger partial charge in [0.1, 0.15) is 0 Å². The molecule has 4 nitrogen and oxygen atoms in total. The number of piperazine rings is 1. The molecule has 1 fully saturated rings. The first-order valence-electron chi connectivity index (χ1n) is 6.51. The van der Waals surface area contributed by atoms with E-state index in [4.69, 9.17) is 5.73 Å². The normalized spacial score (nSPS) is 18.9. The van der Waals surface area contributed by atoms with Gasteiger partial charge in [0.15, 0.2) is 0 Å². The van der Waals surface area contributed by atoms with Crippen molar-refractivity contribution < 1.29 is 0 Å². The van der Waals surface area contributed by atoms with E-state index in [0.29, 0.717) is 6.04 Å². The molecule has 2 N–H and O–H groups in total. The minimum atomic E-state index is 0.672. The largest absolute Gasteiger partial charge is 0.396 e. The molecule has 5 heteroatoms. The maximum Gasteiger partial charge on any atom is 0.0776 e. The van der Waals surface area contributed by atoms with E-state index in [1.165, 1.54) is 6.42 Å². The summed E-state index contributed by atoms with van der Waals surface area (Å²) in [5.74, 6) is 0. The van der Waals surface area contributed by atoms with Crippen LogP contribution in [0.5, 0.6) is 0 Å². The molecule has 1 unspecified atom stereocenters. The standard InChI is InChI=1S/C13H21BrN4/c1-3-10(2)17-4-6-18(7-5-17)13-11(14)8-16-9-12(13)15/h8-10H,3-7,15H2,1-2H3. The zero-order valence-corrected chi connectivity index (χ0v) is 12.7. The topological polar surface area (TPSA) is 45.4 Å². The molecule has 1 atom stereocenters. The third kappa shape index (κ3) is 2.78. The molecule has 1 aromatic rings. The molecule has 0 radical (unpaired) electrons. The zero-order valence-electron chi connectivity index (χ0n) is 11.1. The molecule has 0 spiro atoms. The Bertz CT molecular complexity index is 382. The van der Waals surface area contributed by atoms with Crippen molar-refractivity contribution in [2.45, 2.75) is 26.3 Å². The predicted octanol–water partition coefficient (Wildman–Crippen LogP) is 2.35. The van der Waals surface area contributed by atoms with Crippen LogP contribution < -0.4 is 10.6 Å². The molecular formula is C13H21BrN4.